The standard InChI is InChI=1S/C69H129NO13/c1-3-5-7-9-11-13-15-17-19-20-21-22-23-24-25-26-27-28-29-30-31-32-33-34-35-36-37-39-41-43-45-47-49-51-53-61(74)70-57(58(73)52-50-48-46-44-42-40-38-18-16-14-12-10-8-6-4-2)56-80-68-66(79)64(77)67(60(55-72)82-68)83-69-65(78)63(76)62(75)59(54-71)81-69/h16,18,42,44,50,52,57-60,62-69,71-73,75-79H,3-15,17,19-41,43,45-49,51,53-56H2,1-2H3,(H,70,74)/b18-16+,44-42+,52-50+. The van der Waals surface area contributed by atoms with Gasteiger partial charge in [0.2, 0.25) is 5.91 Å². The molecule has 0 aliphatic carbocycles. The number of hydrogen-bond acceptors (Lipinski definition) is 13. The fraction of sp³-hybridized carbons (Fsp3) is 0.899. The van der Waals surface area contributed by atoms with Crippen molar-refractivity contribution < 1.29 is 64.6 Å². The molecule has 2 rings (SSSR count). The van der Waals surface area contributed by atoms with Gasteiger partial charge < -0.3 is 65.1 Å². The largest absolute Gasteiger partial charge is 0.394 e. The summed E-state index contributed by atoms with van der Waals surface area (Å²) in [6.07, 6.45) is 52.3. The molecular formula is C69H129NO13. The molecule has 9 N–H and O–H groups in total. The van der Waals surface area contributed by atoms with Crippen LogP contribution in [0.4, 0.5) is 0 Å². The van der Waals surface area contributed by atoms with Crippen LogP contribution in [0.5, 0.6) is 0 Å². The maximum Gasteiger partial charge on any atom is 0.220 e. The van der Waals surface area contributed by atoms with Gasteiger partial charge in [-0.1, -0.05) is 288 Å². The molecular weight excluding hydrogens is 1050 g/mol. The molecule has 0 bridgehead atoms. The molecule has 0 saturated carbocycles. The predicted molar refractivity (Wildman–Crippen MR) is 337 cm³/mol. The van der Waals surface area contributed by atoms with Crippen molar-refractivity contribution in [2.75, 3.05) is 19.8 Å². The van der Waals surface area contributed by atoms with Gasteiger partial charge in [0, 0.05) is 6.42 Å². The second kappa shape index (κ2) is 54.4. The first-order chi connectivity index (χ1) is 40.6. The van der Waals surface area contributed by atoms with Crippen LogP contribution < -0.4 is 5.32 Å². The number of amides is 1. The molecule has 14 nitrogen and oxygen atoms in total. The van der Waals surface area contributed by atoms with Gasteiger partial charge in [-0.05, 0) is 44.9 Å². The molecule has 83 heavy (non-hydrogen) atoms. The Morgan fingerprint density at radius 2 is 0.771 bits per heavy atom. The second-order valence-electron chi connectivity index (χ2n) is 24.6. The summed E-state index contributed by atoms with van der Waals surface area (Å²) >= 11 is 0. The highest BCUT2D eigenvalue weighted by Gasteiger charge is 2.51. The Labute approximate surface area is 506 Å². The number of allylic oxidation sites excluding steroid dienone is 5. The minimum Gasteiger partial charge on any atom is -0.394 e. The van der Waals surface area contributed by atoms with E-state index in [0.717, 1.165) is 44.9 Å². The molecule has 0 radical (unpaired) electrons. The van der Waals surface area contributed by atoms with E-state index >= 15 is 0 Å². The molecule has 1 amide bonds. The first-order valence-corrected chi connectivity index (χ1v) is 34.7. The zero-order valence-electron chi connectivity index (χ0n) is 53.0. The lowest BCUT2D eigenvalue weighted by Gasteiger charge is -2.46. The number of carbonyl (C=O) groups excluding carboxylic acids is 1. The molecule has 12 unspecified atom stereocenters. The Bertz CT molecular complexity index is 1530. The highest BCUT2D eigenvalue weighted by Crippen LogP contribution is 2.30. The minimum absolute atomic E-state index is 0.248. The van der Waals surface area contributed by atoms with E-state index in [2.05, 4.69) is 43.5 Å². The quantitative estimate of drug-likeness (QED) is 0.0204. The molecule has 0 aromatic heterocycles. The topological polar surface area (TPSA) is 228 Å². The summed E-state index contributed by atoms with van der Waals surface area (Å²) < 4.78 is 22.8. The highest BCUT2D eigenvalue weighted by molar-refractivity contribution is 5.76. The molecule has 0 aromatic rings. The van der Waals surface area contributed by atoms with Crippen molar-refractivity contribution in [3.63, 3.8) is 0 Å². The highest BCUT2D eigenvalue weighted by atomic mass is 16.7. The Morgan fingerprint density at radius 1 is 0.422 bits per heavy atom. The maximum atomic E-state index is 13.3. The number of unbranched alkanes of at least 4 members (excludes halogenated alkanes) is 40. The number of nitrogens with one attached hydrogen (secondary N) is 1. The van der Waals surface area contributed by atoms with Crippen LogP contribution in [0.2, 0.25) is 0 Å². The van der Waals surface area contributed by atoms with Gasteiger partial charge in [0.25, 0.3) is 0 Å². The van der Waals surface area contributed by atoms with E-state index in [0.29, 0.717) is 12.8 Å². The van der Waals surface area contributed by atoms with Gasteiger partial charge in [0.05, 0.1) is 32.0 Å². The van der Waals surface area contributed by atoms with Crippen LogP contribution >= 0.6 is 0 Å². The van der Waals surface area contributed by atoms with Gasteiger partial charge in [0.15, 0.2) is 12.6 Å². The van der Waals surface area contributed by atoms with Crippen LogP contribution in [0.3, 0.4) is 0 Å². The van der Waals surface area contributed by atoms with E-state index in [1.807, 2.05) is 6.08 Å². The number of aliphatic hydroxyl groups excluding tert-OH is 8. The molecule has 488 valence electrons. The third kappa shape index (κ3) is 39.0. The van der Waals surface area contributed by atoms with E-state index in [1.54, 1.807) is 6.08 Å². The van der Waals surface area contributed by atoms with Crippen LogP contribution in [-0.2, 0) is 23.7 Å². The van der Waals surface area contributed by atoms with E-state index in [-0.39, 0.29) is 18.9 Å². The number of ether oxygens (including phenoxy) is 4. The molecule has 14 heteroatoms. The Hall–Kier alpha value is -1.79. The third-order valence-electron chi connectivity index (χ3n) is 17.1. The SMILES string of the molecule is CCCCCCC/C=C/CC/C=C/CC/C=C/C(O)C(COC1OC(CO)C(OC2OC(CO)C(O)C(O)C2O)C(O)C1O)NC(=O)CCCCCCCCCCCCCCCCCCCCCCCCCCCCCCCCCCCC. The molecule has 0 aromatic carbocycles. The van der Waals surface area contributed by atoms with Crippen molar-refractivity contribution >= 4 is 5.91 Å². The maximum absolute atomic E-state index is 13.3. The van der Waals surface area contributed by atoms with Gasteiger partial charge >= 0.3 is 0 Å². The fourth-order valence-electron chi connectivity index (χ4n) is 11.5. The number of rotatable bonds is 57. The zero-order chi connectivity index (χ0) is 60.2. The van der Waals surface area contributed by atoms with E-state index in [1.165, 1.54) is 225 Å². The molecule has 2 aliphatic rings. The lowest BCUT2D eigenvalue weighted by molar-refractivity contribution is -0.359. The van der Waals surface area contributed by atoms with Crippen molar-refractivity contribution in [3.05, 3.63) is 36.5 Å². The normalized spacial score (nSPS) is 24.0. The lowest BCUT2D eigenvalue weighted by atomic mass is 9.97. The number of aliphatic hydroxyl groups is 8. The summed E-state index contributed by atoms with van der Waals surface area (Å²) in [6.45, 7) is 2.79. The molecule has 2 saturated heterocycles. The van der Waals surface area contributed by atoms with Crippen molar-refractivity contribution in [2.24, 2.45) is 0 Å². The van der Waals surface area contributed by atoms with Gasteiger partial charge in [-0.2, -0.15) is 0 Å². The first kappa shape index (κ1) is 77.3. The third-order valence-corrected chi connectivity index (χ3v) is 17.1. The molecule has 2 heterocycles. The van der Waals surface area contributed by atoms with Crippen LogP contribution in [0.15, 0.2) is 36.5 Å². The van der Waals surface area contributed by atoms with Crippen LogP contribution in [0, 0.1) is 0 Å². The predicted octanol–water partition coefficient (Wildman–Crippen LogP) is 13.7. The van der Waals surface area contributed by atoms with Crippen molar-refractivity contribution in [1.82, 2.24) is 5.32 Å². The monoisotopic (exact) mass is 1180 g/mol. The van der Waals surface area contributed by atoms with Gasteiger partial charge in [-0.15, -0.1) is 0 Å². The minimum atomic E-state index is -1.79. The van der Waals surface area contributed by atoms with Gasteiger partial charge in [0.1, 0.15) is 48.8 Å². The van der Waals surface area contributed by atoms with Crippen molar-refractivity contribution in [2.45, 2.75) is 376 Å². The second-order valence-corrected chi connectivity index (χ2v) is 24.6. The van der Waals surface area contributed by atoms with E-state index in [4.69, 9.17) is 18.9 Å². The number of carbonyl (C=O) groups is 1. The smallest absolute Gasteiger partial charge is 0.220 e. The molecule has 0 spiro atoms. The summed E-state index contributed by atoms with van der Waals surface area (Å²) in [5.41, 5.74) is 0. The van der Waals surface area contributed by atoms with Crippen LogP contribution in [0.25, 0.3) is 0 Å². The summed E-state index contributed by atoms with van der Waals surface area (Å²) in [7, 11) is 0. The van der Waals surface area contributed by atoms with Crippen molar-refractivity contribution in [3.8, 4) is 0 Å². The fourth-order valence-corrected chi connectivity index (χ4v) is 11.5. The molecule has 12 atom stereocenters. The molecule has 2 fully saturated rings. The van der Waals surface area contributed by atoms with E-state index in [9.17, 15) is 45.6 Å². The van der Waals surface area contributed by atoms with Crippen molar-refractivity contribution in [1.29, 1.82) is 0 Å². The molecule has 2 aliphatic heterocycles. The van der Waals surface area contributed by atoms with Crippen LogP contribution in [-0.4, -0.2) is 140 Å². The van der Waals surface area contributed by atoms with E-state index < -0.39 is 86.8 Å². The summed E-state index contributed by atoms with van der Waals surface area (Å²) in [5.74, 6) is -0.248. The Kier molecular flexibility index (Phi) is 50.6. The summed E-state index contributed by atoms with van der Waals surface area (Å²) in [5, 5.41) is 87.2. The average Bonchev–Trinajstić information content (AvgIpc) is 3.65. The lowest BCUT2D eigenvalue weighted by Crippen LogP contribution is -2.65. The van der Waals surface area contributed by atoms with Gasteiger partial charge in [-0.25, -0.2) is 0 Å². The first-order valence-electron chi connectivity index (χ1n) is 34.7. The van der Waals surface area contributed by atoms with Crippen LogP contribution in [0.1, 0.15) is 303 Å². The summed E-state index contributed by atoms with van der Waals surface area (Å²) in [4.78, 5) is 13.3. The Morgan fingerprint density at radius 3 is 1.18 bits per heavy atom. The summed E-state index contributed by atoms with van der Waals surface area (Å²) in [6, 6.07) is -0.936. The number of hydrogen-bond donors (Lipinski definition) is 9. The van der Waals surface area contributed by atoms with Gasteiger partial charge in [-0.3, -0.25) is 4.79 Å². The zero-order valence-corrected chi connectivity index (χ0v) is 53.0. The average molecular weight is 1180 g/mol. The Balaban J connectivity index is 1.61.